The van der Waals surface area contributed by atoms with Gasteiger partial charge in [-0.1, -0.05) is 43.1 Å². The van der Waals surface area contributed by atoms with Gasteiger partial charge in [-0.05, 0) is 31.0 Å². The van der Waals surface area contributed by atoms with Crippen molar-refractivity contribution >= 4 is 28.9 Å². The van der Waals surface area contributed by atoms with Crippen LogP contribution in [0.3, 0.4) is 0 Å². The van der Waals surface area contributed by atoms with Crippen LogP contribution in [0.1, 0.15) is 38.4 Å². The minimum absolute atomic E-state index is 0.471. The molecule has 3 nitrogen and oxygen atoms in total. The third-order valence-electron chi connectivity index (χ3n) is 3.39. The quantitative estimate of drug-likeness (QED) is 0.798. The third kappa shape index (κ3) is 3.47. The van der Waals surface area contributed by atoms with Gasteiger partial charge in [-0.25, -0.2) is 0 Å². The fourth-order valence-electron chi connectivity index (χ4n) is 2.16. The second-order valence-corrected chi connectivity index (χ2v) is 5.50. The molecule has 1 aromatic heterocycles. The zero-order chi connectivity index (χ0) is 14.5. The Balaban J connectivity index is 2.03. The zero-order valence-corrected chi connectivity index (χ0v) is 13.2. The number of anilines is 1. The molecule has 108 valence electrons. The average Bonchev–Trinajstić information content (AvgIpc) is 2.91. The van der Waals surface area contributed by atoms with Crippen molar-refractivity contribution in [1.29, 1.82) is 0 Å². The molecule has 1 aromatic carbocycles. The molecule has 0 atom stereocenters. The van der Waals surface area contributed by atoms with Crippen molar-refractivity contribution < 1.29 is 0 Å². The van der Waals surface area contributed by atoms with Crippen LogP contribution in [-0.4, -0.2) is 9.78 Å². The highest BCUT2D eigenvalue weighted by Crippen LogP contribution is 2.29. The Kier molecular flexibility index (Phi) is 5.32. The Hall–Kier alpha value is -1.19. The molecule has 1 heterocycles. The first-order chi connectivity index (χ1) is 9.65. The van der Waals surface area contributed by atoms with Gasteiger partial charge in [0.15, 0.2) is 0 Å². The van der Waals surface area contributed by atoms with Crippen LogP contribution in [0.15, 0.2) is 30.5 Å². The van der Waals surface area contributed by atoms with E-state index in [1.165, 1.54) is 0 Å². The lowest BCUT2D eigenvalue weighted by atomic mass is 10.2. The van der Waals surface area contributed by atoms with Gasteiger partial charge in [-0.3, -0.25) is 4.68 Å². The molecular weight excluding hydrogens is 293 g/mol. The monoisotopic (exact) mass is 311 g/mol. The molecule has 1 N–H and O–H groups in total. The molecule has 0 saturated carbocycles. The summed E-state index contributed by atoms with van der Waals surface area (Å²) in [5.74, 6) is 0. The summed E-state index contributed by atoms with van der Waals surface area (Å²) in [5.41, 5.74) is 1.82. The Morgan fingerprint density at radius 3 is 2.65 bits per heavy atom. The topological polar surface area (TPSA) is 29.9 Å². The SMILES string of the molecule is CCC(CC)n1ccc(CNc2cccc(Cl)c2Cl)n1. The van der Waals surface area contributed by atoms with Crippen LogP contribution in [0.25, 0.3) is 0 Å². The molecule has 2 rings (SSSR count). The molecular formula is C15H19Cl2N3. The van der Waals surface area contributed by atoms with E-state index in [0.717, 1.165) is 24.2 Å². The van der Waals surface area contributed by atoms with Crippen molar-refractivity contribution in [2.24, 2.45) is 0 Å². The maximum atomic E-state index is 6.14. The van der Waals surface area contributed by atoms with E-state index in [4.69, 9.17) is 23.2 Å². The van der Waals surface area contributed by atoms with E-state index in [1.54, 1.807) is 6.07 Å². The van der Waals surface area contributed by atoms with E-state index in [-0.39, 0.29) is 0 Å². The van der Waals surface area contributed by atoms with Crippen LogP contribution in [0.2, 0.25) is 10.0 Å². The Labute approximate surface area is 129 Å². The molecule has 0 spiro atoms. The fourth-order valence-corrected chi connectivity index (χ4v) is 2.53. The second kappa shape index (κ2) is 7.00. The second-order valence-electron chi connectivity index (χ2n) is 4.71. The predicted octanol–water partition coefficient (Wildman–Crippen LogP) is 5.16. The number of hydrogen-bond acceptors (Lipinski definition) is 2. The van der Waals surface area contributed by atoms with Gasteiger partial charge in [0.05, 0.1) is 34.0 Å². The first-order valence-electron chi connectivity index (χ1n) is 6.87. The van der Waals surface area contributed by atoms with Crippen molar-refractivity contribution in [3.8, 4) is 0 Å². The molecule has 0 aliphatic carbocycles. The summed E-state index contributed by atoms with van der Waals surface area (Å²) in [6, 6.07) is 8.06. The van der Waals surface area contributed by atoms with E-state index < -0.39 is 0 Å². The minimum atomic E-state index is 0.471. The summed E-state index contributed by atoms with van der Waals surface area (Å²) >= 11 is 12.1. The number of hydrogen-bond donors (Lipinski definition) is 1. The van der Waals surface area contributed by atoms with Crippen molar-refractivity contribution in [2.45, 2.75) is 39.3 Å². The van der Waals surface area contributed by atoms with Gasteiger partial charge >= 0.3 is 0 Å². The van der Waals surface area contributed by atoms with E-state index in [9.17, 15) is 0 Å². The molecule has 20 heavy (non-hydrogen) atoms. The highest BCUT2D eigenvalue weighted by atomic mass is 35.5. The highest BCUT2D eigenvalue weighted by molar-refractivity contribution is 6.43. The van der Waals surface area contributed by atoms with Gasteiger partial charge in [-0.2, -0.15) is 5.10 Å². The first kappa shape index (κ1) is 15.2. The summed E-state index contributed by atoms with van der Waals surface area (Å²) in [6.45, 7) is 4.99. The number of aromatic nitrogens is 2. The summed E-state index contributed by atoms with van der Waals surface area (Å²) in [5, 5.41) is 8.97. The highest BCUT2D eigenvalue weighted by Gasteiger charge is 2.08. The number of benzene rings is 1. The largest absolute Gasteiger partial charge is 0.378 e. The van der Waals surface area contributed by atoms with Gasteiger partial charge in [0.25, 0.3) is 0 Å². The van der Waals surface area contributed by atoms with E-state index in [2.05, 4.69) is 24.3 Å². The molecule has 0 aliphatic rings. The van der Waals surface area contributed by atoms with Crippen LogP contribution >= 0.6 is 23.2 Å². The lowest BCUT2D eigenvalue weighted by Crippen LogP contribution is -2.09. The molecule has 0 aliphatic heterocycles. The van der Waals surface area contributed by atoms with Crippen molar-refractivity contribution in [3.63, 3.8) is 0 Å². The molecule has 0 radical (unpaired) electrons. The molecule has 0 amide bonds. The van der Waals surface area contributed by atoms with Gasteiger partial charge in [0.1, 0.15) is 0 Å². The van der Waals surface area contributed by atoms with Crippen LogP contribution in [0.4, 0.5) is 5.69 Å². The minimum Gasteiger partial charge on any atom is -0.378 e. The predicted molar refractivity (Wildman–Crippen MR) is 85.6 cm³/mol. The number of nitrogens with zero attached hydrogens (tertiary/aromatic N) is 2. The maximum absolute atomic E-state index is 6.14. The Morgan fingerprint density at radius 2 is 1.95 bits per heavy atom. The lowest BCUT2D eigenvalue weighted by molar-refractivity contribution is 0.426. The lowest BCUT2D eigenvalue weighted by Gasteiger charge is -2.12. The first-order valence-corrected chi connectivity index (χ1v) is 7.63. The Bertz CT molecular complexity index is 562. The van der Waals surface area contributed by atoms with Gasteiger partial charge in [0.2, 0.25) is 0 Å². The fraction of sp³-hybridized carbons (Fsp3) is 0.400. The van der Waals surface area contributed by atoms with E-state index >= 15 is 0 Å². The zero-order valence-electron chi connectivity index (χ0n) is 11.7. The molecule has 0 bridgehead atoms. The van der Waals surface area contributed by atoms with E-state index in [0.29, 0.717) is 22.6 Å². The normalized spacial score (nSPS) is 11.1. The third-order valence-corrected chi connectivity index (χ3v) is 4.21. The van der Waals surface area contributed by atoms with E-state index in [1.807, 2.05) is 29.1 Å². The molecule has 0 fully saturated rings. The van der Waals surface area contributed by atoms with Gasteiger partial charge < -0.3 is 5.32 Å². The summed E-state index contributed by atoms with van der Waals surface area (Å²) in [7, 11) is 0. The number of nitrogens with one attached hydrogen (secondary N) is 1. The smallest absolute Gasteiger partial charge is 0.0823 e. The molecule has 0 unspecified atom stereocenters. The molecule has 0 saturated heterocycles. The van der Waals surface area contributed by atoms with Gasteiger partial charge in [-0.15, -0.1) is 0 Å². The molecule has 2 aromatic rings. The standard InChI is InChI=1S/C15H19Cl2N3/c1-3-12(4-2)20-9-8-11(19-20)10-18-14-7-5-6-13(16)15(14)17/h5-9,12,18H,3-4,10H2,1-2H3. The number of halogens is 2. The maximum Gasteiger partial charge on any atom is 0.0823 e. The average molecular weight is 312 g/mol. The summed E-state index contributed by atoms with van der Waals surface area (Å²) in [6.07, 6.45) is 4.21. The van der Waals surface area contributed by atoms with Crippen LogP contribution in [-0.2, 0) is 6.54 Å². The van der Waals surface area contributed by atoms with Gasteiger partial charge in [0, 0.05) is 6.20 Å². The number of rotatable bonds is 6. The van der Waals surface area contributed by atoms with Crippen molar-refractivity contribution in [3.05, 3.63) is 46.2 Å². The van der Waals surface area contributed by atoms with Crippen LogP contribution in [0.5, 0.6) is 0 Å². The summed E-state index contributed by atoms with van der Waals surface area (Å²) < 4.78 is 2.04. The summed E-state index contributed by atoms with van der Waals surface area (Å²) in [4.78, 5) is 0. The van der Waals surface area contributed by atoms with Crippen molar-refractivity contribution in [2.75, 3.05) is 5.32 Å². The van der Waals surface area contributed by atoms with Crippen LogP contribution in [0, 0.1) is 0 Å². The molecule has 5 heteroatoms. The van der Waals surface area contributed by atoms with Crippen molar-refractivity contribution in [1.82, 2.24) is 9.78 Å². The van der Waals surface area contributed by atoms with Crippen LogP contribution < -0.4 is 5.32 Å². The Morgan fingerprint density at radius 1 is 1.20 bits per heavy atom.